The number of rotatable bonds is 4. The summed E-state index contributed by atoms with van der Waals surface area (Å²) in [6, 6.07) is 8.01. The van der Waals surface area contributed by atoms with Gasteiger partial charge in [0.2, 0.25) is 0 Å². The first-order valence-electron chi connectivity index (χ1n) is 8.24. The first-order valence-corrected chi connectivity index (χ1v) is 9.82. The van der Waals surface area contributed by atoms with Crippen LogP contribution in [0.25, 0.3) is 6.08 Å². The van der Waals surface area contributed by atoms with Crippen molar-refractivity contribution in [2.75, 3.05) is 12.9 Å². The molecule has 130 valence electrons. The van der Waals surface area contributed by atoms with Crippen LogP contribution in [0.1, 0.15) is 37.8 Å². The lowest BCUT2D eigenvalue weighted by Crippen LogP contribution is -2.42. The molecule has 0 aliphatic heterocycles. The quantitative estimate of drug-likeness (QED) is 0.618. The van der Waals surface area contributed by atoms with E-state index in [0.29, 0.717) is 6.42 Å². The SMILES string of the molecule is COS(=O)(=O)CC12CCC(/C(=C\c3ccc(C)cc3)C1=O)C2(C)C. The Balaban J connectivity index is 2.05. The molecule has 2 saturated carbocycles. The third kappa shape index (κ3) is 2.45. The molecule has 4 nitrogen and oxygen atoms in total. The molecular weight excluding hydrogens is 324 g/mol. The number of carbonyl (C=O) groups is 1. The largest absolute Gasteiger partial charge is 0.294 e. The summed E-state index contributed by atoms with van der Waals surface area (Å²) < 4.78 is 28.8. The lowest BCUT2D eigenvalue weighted by molar-refractivity contribution is -0.125. The number of Topliss-reactive ketones (excluding diaryl/α,β-unsaturated/α-hetero) is 1. The molecule has 5 heteroatoms. The molecule has 2 aliphatic carbocycles. The standard InChI is InChI=1S/C19H24O4S/c1-13-5-7-14(8-6-13)11-15-16-9-10-19(17(15)20,18(16,2)3)12-24(21,22)23-4/h5-8,11,16H,9-10,12H2,1-4H3/b15-11+. The monoisotopic (exact) mass is 348 g/mol. The van der Waals surface area contributed by atoms with E-state index < -0.39 is 15.5 Å². The summed E-state index contributed by atoms with van der Waals surface area (Å²) in [4.78, 5) is 13.2. The number of fused-ring (bicyclic) bond motifs is 2. The Morgan fingerprint density at radius 2 is 1.88 bits per heavy atom. The van der Waals surface area contributed by atoms with Crippen molar-refractivity contribution in [3.63, 3.8) is 0 Å². The van der Waals surface area contributed by atoms with E-state index in [-0.39, 0.29) is 22.9 Å². The number of allylic oxidation sites excluding steroid dienone is 1. The van der Waals surface area contributed by atoms with Gasteiger partial charge in [-0.3, -0.25) is 8.98 Å². The van der Waals surface area contributed by atoms with E-state index in [0.717, 1.165) is 24.7 Å². The molecule has 2 bridgehead atoms. The van der Waals surface area contributed by atoms with E-state index in [1.807, 2.05) is 51.1 Å². The van der Waals surface area contributed by atoms with Crippen molar-refractivity contribution in [3.05, 3.63) is 41.0 Å². The molecule has 2 fully saturated rings. The second-order valence-corrected chi connectivity index (χ2v) is 9.34. The third-order valence-electron chi connectivity index (χ3n) is 6.11. The number of hydrogen-bond acceptors (Lipinski definition) is 4. The zero-order valence-corrected chi connectivity index (χ0v) is 15.4. The molecule has 0 saturated heterocycles. The fourth-order valence-corrected chi connectivity index (χ4v) is 5.85. The Morgan fingerprint density at radius 1 is 1.25 bits per heavy atom. The molecule has 2 unspecified atom stereocenters. The van der Waals surface area contributed by atoms with E-state index in [1.54, 1.807) is 0 Å². The third-order valence-corrected chi connectivity index (χ3v) is 7.47. The molecule has 0 spiro atoms. The minimum atomic E-state index is -3.70. The van der Waals surface area contributed by atoms with Crippen LogP contribution in [0.4, 0.5) is 0 Å². The number of aryl methyl sites for hydroxylation is 1. The predicted molar refractivity (Wildman–Crippen MR) is 93.9 cm³/mol. The van der Waals surface area contributed by atoms with Gasteiger partial charge in [0.05, 0.1) is 18.3 Å². The highest BCUT2D eigenvalue weighted by Crippen LogP contribution is 2.66. The Kier molecular flexibility index (Phi) is 4.00. The molecule has 0 radical (unpaired) electrons. The van der Waals surface area contributed by atoms with E-state index in [4.69, 9.17) is 0 Å². The summed E-state index contributed by atoms with van der Waals surface area (Å²) in [7, 11) is -2.54. The number of ketones is 1. The molecule has 0 amide bonds. The van der Waals surface area contributed by atoms with Gasteiger partial charge in [0.25, 0.3) is 10.1 Å². The van der Waals surface area contributed by atoms with Gasteiger partial charge in [-0.15, -0.1) is 0 Å². The zero-order chi connectivity index (χ0) is 17.8. The van der Waals surface area contributed by atoms with Gasteiger partial charge in [-0.25, -0.2) is 0 Å². The highest BCUT2D eigenvalue weighted by Gasteiger charge is 2.67. The lowest BCUT2D eigenvalue weighted by atomic mass is 9.70. The first kappa shape index (κ1) is 17.4. The average Bonchev–Trinajstić information content (AvgIpc) is 2.84. The number of benzene rings is 1. The highest BCUT2D eigenvalue weighted by molar-refractivity contribution is 7.86. The summed E-state index contributed by atoms with van der Waals surface area (Å²) in [5.74, 6) is -0.160. The number of carbonyl (C=O) groups excluding carboxylic acids is 1. The highest BCUT2D eigenvalue weighted by atomic mass is 32.2. The van der Waals surface area contributed by atoms with Crippen molar-refractivity contribution in [1.82, 2.24) is 0 Å². The molecule has 0 heterocycles. The van der Waals surface area contributed by atoms with Gasteiger partial charge in [-0.1, -0.05) is 43.7 Å². The average molecular weight is 348 g/mol. The Bertz CT molecular complexity index is 802. The van der Waals surface area contributed by atoms with E-state index in [1.165, 1.54) is 5.56 Å². The molecule has 1 aromatic rings. The van der Waals surface area contributed by atoms with Gasteiger partial charge in [-0.2, -0.15) is 8.42 Å². The molecule has 2 atom stereocenters. The lowest BCUT2D eigenvalue weighted by Gasteiger charge is -2.35. The van der Waals surface area contributed by atoms with E-state index in [9.17, 15) is 13.2 Å². The van der Waals surface area contributed by atoms with Crippen LogP contribution in [0, 0.1) is 23.7 Å². The van der Waals surface area contributed by atoms with Crippen LogP contribution < -0.4 is 0 Å². The van der Waals surface area contributed by atoms with Crippen molar-refractivity contribution in [3.8, 4) is 0 Å². The maximum atomic E-state index is 13.2. The van der Waals surface area contributed by atoms with Crippen LogP contribution in [0.2, 0.25) is 0 Å². The smallest absolute Gasteiger partial charge is 0.268 e. The van der Waals surface area contributed by atoms with Crippen LogP contribution in [-0.2, 0) is 19.1 Å². The van der Waals surface area contributed by atoms with Crippen LogP contribution >= 0.6 is 0 Å². The van der Waals surface area contributed by atoms with Crippen molar-refractivity contribution in [2.24, 2.45) is 16.7 Å². The number of hydrogen-bond donors (Lipinski definition) is 0. The molecule has 0 N–H and O–H groups in total. The molecule has 1 aromatic carbocycles. The topological polar surface area (TPSA) is 60.4 Å². The summed E-state index contributed by atoms with van der Waals surface area (Å²) in [6.45, 7) is 6.06. The van der Waals surface area contributed by atoms with Crippen LogP contribution in [0.5, 0.6) is 0 Å². The molecule has 0 aromatic heterocycles. The summed E-state index contributed by atoms with van der Waals surface area (Å²) >= 11 is 0. The normalized spacial score (nSPS) is 30.2. The van der Waals surface area contributed by atoms with Gasteiger partial charge >= 0.3 is 0 Å². The van der Waals surface area contributed by atoms with Gasteiger partial charge in [-0.05, 0) is 42.7 Å². The van der Waals surface area contributed by atoms with E-state index >= 15 is 0 Å². The van der Waals surface area contributed by atoms with Gasteiger partial charge in [0, 0.05) is 5.57 Å². The van der Waals surface area contributed by atoms with Crippen LogP contribution in [-0.4, -0.2) is 27.1 Å². The van der Waals surface area contributed by atoms with Gasteiger partial charge in [0.15, 0.2) is 5.78 Å². The van der Waals surface area contributed by atoms with Crippen LogP contribution in [0.3, 0.4) is 0 Å². The van der Waals surface area contributed by atoms with Crippen molar-refractivity contribution in [1.29, 1.82) is 0 Å². The Labute approximate surface area is 144 Å². The first-order chi connectivity index (χ1) is 11.1. The Morgan fingerprint density at radius 3 is 2.46 bits per heavy atom. The molecule has 2 aliphatic rings. The summed E-state index contributed by atoms with van der Waals surface area (Å²) in [5, 5.41) is 0. The Hall–Kier alpha value is -1.46. The van der Waals surface area contributed by atoms with Gasteiger partial charge < -0.3 is 0 Å². The second-order valence-electron chi connectivity index (χ2n) is 7.60. The van der Waals surface area contributed by atoms with Crippen molar-refractivity contribution >= 4 is 22.0 Å². The van der Waals surface area contributed by atoms with Crippen molar-refractivity contribution < 1.29 is 17.4 Å². The molecular formula is C19H24O4S. The minimum Gasteiger partial charge on any atom is -0.294 e. The zero-order valence-electron chi connectivity index (χ0n) is 14.6. The fraction of sp³-hybridized carbons (Fsp3) is 0.526. The summed E-state index contributed by atoms with van der Waals surface area (Å²) in [5.41, 5.74) is 1.66. The van der Waals surface area contributed by atoms with Crippen molar-refractivity contribution in [2.45, 2.75) is 33.6 Å². The van der Waals surface area contributed by atoms with E-state index in [2.05, 4.69) is 4.18 Å². The maximum Gasteiger partial charge on any atom is 0.268 e. The molecule has 3 rings (SSSR count). The van der Waals surface area contributed by atoms with Gasteiger partial charge in [0.1, 0.15) is 0 Å². The summed E-state index contributed by atoms with van der Waals surface area (Å²) in [6.07, 6.45) is 3.39. The minimum absolute atomic E-state index is 0.0232. The van der Waals surface area contributed by atoms with Crippen LogP contribution in [0.15, 0.2) is 29.8 Å². The second kappa shape index (κ2) is 5.53. The fourth-order valence-electron chi connectivity index (χ4n) is 4.48. The maximum absolute atomic E-state index is 13.2. The predicted octanol–water partition coefficient (Wildman–Crippen LogP) is 3.36. The molecule has 24 heavy (non-hydrogen) atoms.